The number of rotatable bonds is 7. The van der Waals surface area contributed by atoms with Crippen LogP contribution < -0.4 is 10.1 Å². The second-order valence-corrected chi connectivity index (χ2v) is 5.90. The van der Waals surface area contributed by atoms with E-state index in [0.29, 0.717) is 24.4 Å². The Morgan fingerprint density at radius 2 is 2.24 bits per heavy atom. The lowest BCUT2D eigenvalue weighted by Gasteiger charge is -2.28. The number of carbonyl (C=O) groups is 1. The minimum Gasteiger partial charge on any atom is -0.497 e. The highest BCUT2D eigenvalue weighted by atomic mass is 16.5. The molecular formula is C17H26N2O2. The normalized spacial score (nSPS) is 18.6. The van der Waals surface area contributed by atoms with Crippen molar-refractivity contribution in [2.75, 3.05) is 13.7 Å². The van der Waals surface area contributed by atoms with E-state index in [4.69, 9.17) is 4.74 Å². The Balaban J connectivity index is 1.75. The van der Waals surface area contributed by atoms with E-state index in [1.54, 1.807) is 7.11 Å². The van der Waals surface area contributed by atoms with Crippen LogP contribution in [0.15, 0.2) is 24.3 Å². The van der Waals surface area contributed by atoms with Crippen molar-refractivity contribution >= 4 is 5.91 Å². The van der Waals surface area contributed by atoms with E-state index in [1.807, 2.05) is 23.1 Å². The van der Waals surface area contributed by atoms with Gasteiger partial charge >= 0.3 is 0 Å². The molecule has 0 aromatic heterocycles. The van der Waals surface area contributed by atoms with Crippen LogP contribution in [0.4, 0.5) is 0 Å². The van der Waals surface area contributed by atoms with Gasteiger partial charge in [-0.2, -0.15) is 0 Å². The van der Waals surface area contributed by atoms with Crippen molar-refractivity contribution in [2.45, 2.75) is 51.7 Å². The van der Waals surface area contributed by atoms with Gasteiger partial charge in [0, 0.05) is 25.0 Å². The molecule has 0 aliphatic carbocycles. The lowest BCUT2D eigenvalue weighted by molar-refractivity contribution is -0.130. The van der Waals surface area contributed by atoms with Gasteiger partial charge in [0.05, 0.1) is 7.11 Å². The van der Waals surface area contributed by atoms with Crippen LogP contribution in [0.25, 0.3) is 0 Å². The SMILES string of the molecule is COc1cccc(CNCC[C@@H]2CCC(=O)N2C(C)C)c1. The molecule has 0 radical (unpaired) electrons. The molecule has 0 saturated carbocycles. The van der Waals surface area contributed by atoms with Gasteiger partial charge in [0.2, 0.25) is 5.91 Å². The van der Waals surface area contributed by atoms with E-state index in [1.165, 1.54) is 5.56 Å². The van der Waals surface area contributed by atoms with E-state index < -0.39 is 0 Å². The fraction of sp³-hybridized carbons (Fsp3) is 0.588. The lowest BCUT2D eigenvalue weighted by Crippen LogP contribution is -2.40. The van der Waals surface area contributed by atoms with E-state index in [9.17, 15) is 4.79 Å². The Kier molecular flexibility index (Phi) is 5.62. The summed E-state index contributed by atoms with van der Waals surface area (Å²) in [6.07, 6.45) is 2.73. The van der Waals surface area contributed by atoms with Gasteiger partial charge < -0.3 is 15.0 Å². The summed E-state index contributed by atoms with van der Waals surface area (Å²) in [6.45, 7) is 5.96. The molecule has 1 atom stereocenters. The van der Waals surface area contributed by atoms with Gasteiger partial charge in [-0.15, -0.1) is 0 Å². The number of benzene rings is 1. The van der Waals surface area contributed by atoms with Crippen LogP contribution in [0.1, 0.15) is 38.7 Å². The number of amides is 1. The first-order valence-corrected chi connectivity index (χ1v) is 7.76. The van der Waals surface area contributed by atoms with Gasteiger partial charge in [-0.1, -0.05) is 12.1 Å². The lowest BCUT2D eigenvalue weighted by atomic mass is 10.1. The summed E-state index contributed by atoms with van der Waals surface area (Å²) in [7, 11) is 1.68. The Hall–Kier alpha value is -1.55. The van der Waals surface area contributed by atoms with E-state index in [2.05, 4.69) is 25.2 Å². The number of likely N-dealkylation sites (tertiary alicyclic amines) is 1. The summed E-state index contributed by atoms with van der Waals surface area (Å²) >= 11 is 0. The van der Waals surface area contributed by atoms with E-state index >= 15 is 0 Å². The smallest absolute Gasteiger partial charge is 0.223 e. The molecule has 0 unspecified atom stereocenters. The van der Waals surface area contributed by atoms with E-state index in [0.717, 1.165) is 31.7 Å². The molecule has 1 aliphatic heterocycles. The standard InChI is InChI=1S/C17H26N2O2/c1-13(2)19-15(7-8-17(19)20)9-10-18-12-14-5-4-6-16(11-14)21-3/h4-6,11,13,15,18H,7-10,12H2,1-3H3/t15-/m0/s1. The van der Waals surface area contributed by atoms with Crippen LogP contribution in [0.5, 0.6) is 5.75 Å². The molecule has 1 saturated heterocycles. The zero-order valence-electron chi connectivity index (χ0n) is 13.3. The second-order valence-electron chi connectivity index (χ2n) is 5.90. The van der Waals surface area contributed by atoms with Gasteiger partial charge in [0.25, 0.3) is 0 Å². The first-order valence-electron chi connectivity index (χ1n) is 7.76. The first-order chi connectivity index (χ1) is 10.1. The molecule has 116 valence electrons. The highest BCUT2D eigenvalue weighted by molar-refractivity contribution is 5.79. The van der Waals surface area contributed by atoms with Crippen LogP contribution in [-0.4, -0.2) is 36.5 Å². The van der Waals surface area contributed by atoms with Crippen LogP contribution in [-0.2, 0) is 11.3 Å². The molecule has 21 heavy (non-hydrogen) atoms. The number of methoxy groups -OCH3 is 1. The maximum absolute atomic E-state index is 11.8. The van der Waals surface area contributed by atoms with Gasteiger partial charge in [-0.05, 0) is 50.9 Å². The minimum absolute atomic E-state index is 0.308. The molecule has 4 heteroatoms. The third-order valence-electron chi connectivity index (χ3n) is 4.05. The maximum atomic E-state index is 11.8. The van der Waals surface area contributed by atoms with Crippen molar-refractivity contribution in [3.05, 3.63) is 29.8 Å². The van der Waals surface area contributed by atoms with Crippen molar-refractivity contribution in [3.63, 3.8) is 0 Å². The fourth-order valence-electron chi connectivity index (χ4n) is 3.04. The van der Waals surface area contributed by atoms with Gasteiger partial charge in [0.1, 0.15) is 5.75 Å². The molecular weight excluding hydrogens is 264 g/mol. The maximum Gasteiger partial charge on any atom is 0.223 e. The molecule has 1 N–H and O–H groups in total. The van der Waals surface area contributed by atoms with E-state index in [-0.39, 0.29) is 0 Å². The molecule has 1 fully saturated rings. The monoisotopic (exact) mass is 290 g/mol. The molecule has 1 heterocycles. The van der Waals surface area contributed by atoms with Crippen molar-refractivity contribution in [3.8, 4) is 5.75 Å². The first kappa shape index (κ1) is 15.8. The Morgan fingerprint density at radius 3 is 2.95 bits per heavy atom. The Labute approximate surface area is 127 Å². The number of nitrogens with zero attached hydrogens (tertiary/aromatic N) is 1. The van der Waals surface area contributed by atoms with Crippen molar-refractivity contribution in [2.24, 2.45) is 0 Å². The third-order valence-corrected chi connectivity index (χ3v) is 4.05. The van der Waals surface area contributed by atoms with Crippen LogP contribution in [0.3, 0.4) is 0 Å². The topological polar surface area (TPSA) is 41.6 Å². The van der Waals surface area contributed by atoms with Crippen LogP contribution in [0, 0.1) is 0 Å². The highest BCUT2D eigenvalue weighted by Crippen LogP contribution is 2.23. The zero-order valence-corrected chi connectivity index (χ0v) is 13.3. The van der Waals surface area contributed by atoms with Crippen molar-refractivity contribution in [1.29, 1.82) is 0 Å². The fourth-order valence-corrected chi connectivity index (χ4v) is 3.04. The average molecular weight is 290 g/mol. The molecule has 1 aromatic rings. The van der Waals surface area contributed by atoms with Gasteiger partial charge in [0.15, 0.2) is 0 Å². The number of carbonyl (C=O) groups excluding carboxylic acids is 1. The van der Waals surface area contributed by atoms with Crippen molar-refractivity contribution < 1.29 is 9.53 Å². The summed E-state index contributed by atoms with van der Waals surface area (Å²) in [5.41, 5.74) is 1.22. The van der Waals surface area contributed by atoms with Crippen LogP contribution in [0.2, 0.25) is 0 Å². The molecule has 0 bridgehead atoms. The number of ether oxygens (including phenoxy) is 1. The molecule has 2 rings (SSSR count). The summed E-state index contributed by atoms with van der Waals surface area (Å²) < 4.78 is 5.22. The van der Waals surface area contributed by atoms with Gasteiger partial charge in [-0.3, -0.25) is 4.79 Å². The van der Waals surface area contributed by atoms with Gasteiger partial charge in [-0.25, -0.2) is 0 Å². The molecule has 1 aliphatic rings. The molecule has 1 amide bonds. The van der Waals surface area contributed by atoms with Crippen molar-refractivity contribution in [1.82, 2.24) is 10.2 Å². The summed E-state index contributed by atoms with van der Waals surface area (Å²) in [5.74, 6) is 1.20. The predicted molar refractivity (Wildman–Crippen MR) is 84.3 cm³/mol. The molecule has 0 spiro atoms. The summed E-state index contributed by atoms with van der Waals surface area (Å²) in [6, 6.07) is 8.81. The molecule has 4 nitrogen and oxygen atoms in total. The Bertz CT molecular complexity index is 474. The average Bonchev–Trinajstić information content (AvgIpc) is 2.85. The predicted octanol–water partition coefficient (Wildman–Crippen LogP) is 2.57. The Morgan fingerprint density at radius 1 is 1.43 bits per heavy atom. The van der Waals surface area contributed by atoms with Crippen LogP contribution >= 0.6 is 0 Å². The summed E-state index contributed by atoms with van der Waals surface area (Å²) in [4.78, 5) is 13.9. The quantitative estimate of drug-likeness (QED) is 0.785. The largest absolute Gasteiger partial charge is 0.497 e. The highest BCUT2D eigenvalue weighted by Gasteiger charge is 2.31. The number of nitrogens with one attached hydrogen (secondary N) is 1. The zero-order chi connectivity index (χ0) is 15.2. The second kappa shape index (κ2) is 7.46. The molecule has 1 aromatic carbocycles. The number of hydrogen-bond donors (Lipinski definition) is 1. The third kappa shape index (κ3) is 4.21. The summed E-state index contributed by atoms with van der Waals surface area (Å²) in [5, 5.41) is 3.46. The number of hydrogen-bond acceptors (Lipinski definition) is 3. The minimum atomic E-state index is 0.308.